The van der Waals surface area contributed by atoms with E-state index in [1.54, 1.807) is 0 Å². The summed E-state index contributed by atoms with van der Waals surface area (Å²) in [5.74, 6) is 0.136. The molecule has 3 aromatic carbocycles. The molecule has 258 valence electrons. The molecule has 0 spiro atoms. The molecule has 1 saturated heterocycles. The Morgan fingerprint density at radius 3 is 1.04 bits per heavy atom. The largest absolute Gasteiger partial charge is 0.301 e. The topological polar surface area (TPSA) is 45.9 Å². The molecule has 4 nitrogen and oxygen atoms in total. The maximum Gasteiger partial charge on any atom is 0.247 e. The van der Waals surface area contributed by atoms with Gasteiger partial charge in [-0.15, -0.1) is 0 Å². The van der Waals surface area contributed by atoms with Crippen molar-refractivity contribution in [2.45, 2.75) is 105 Å². The first kappa shape index (κ1) is 35.3. The van der Waals surface area contributed by atoms with Gasteiger partial charge in [-0.05, 0) is 110 Å². The van der Waals surface area contributed by atoms with Gasteiger partial charge < -0.3 is 4.90 Å². The van der Waals surface area contributed by atoms with E-state index in [4.69, 9.17) is 9.97 Å². The van der Waals surface area contributed by atoms with Gasteiger partial charge in [0.2, 0.25) is 5.91 Å². The maximum atomic E-state index is 12.3. The Bertz CT molecular complexity index is 1860. The molecule has 0 N–H and O–H groups in total. The first-order valence-corrected chi connectivity index (χ1v) is 17.9. The highest BCUT2D eigenvalue weighted by Crippen LogP contribution is 2.38. The molecule has 1 aliphatic heterocycles. The molecule has 50 heavy (non-hydrogen) atoms. The Morgan fingerprint density at radius 2 is 0.780 bits per heavy atom. The van der Waals surface area contributed by atoms with Gasteiger partial charge >= 0.3 is 0 Å². The molecule has 3 heterocycles. The third kappa shape index (κ3) is 7.60. The van der Waals surface area contributed by atoms with Crippen LogP contribution in [-0.4, -0.2) is 22.4 Å². The van der Waals surface area contributed by atoms with Crippen LogP contribution in [0.3, 0.4) is 0 Å². The van der Waals surface area contributed by atoms with Crippen molar-refractivity contribution in [1.82, 2.24) is 9.97 Å². The average molecular weight is 664 g/mol. The summed E-state index contributed by atoms with van der Waals surface area (Å²) in [5, 5.41) is 0. The van der Waals surface area contributed by atoms with Gasteiger partial charge in [0.25, 0.3) is 0 Å². The third-order valence-electron chi connectivity index (χ3n) is 9.84. The summed E-state index contributed by atoms with van der Waals surface area (Å²) in [6.07, 6.45) is 3.92. The fourth-order valence-electron chi connectivity index (χ4n) is 6.19. The number of benzene rings is 3. The molecular weight excluding hydrogens is 611 g/mol. The van der Waals surface area contributed by atoms with Gasteiger partial charge in [0.1, 0.15) is 6.54 Å². The van der Waals surface area contributed by atoms with Crippen molar-refractivity contribution in [2.75, 3.05) is 11.4 Å². The number of rotatable bonds is 5. The van der Waals surface area contributed by atoms with Crippen LogP contribution in [-0.2, 0) is 26.5 Å². The summed E-state index contributed by atoms with van der Waals surface area (Å²) in [7, 11) is 0. The first-order chi connectivity index (χ1) is 23.2. The standard InChI is InChI=1S/C46H53N3O/c1-43(2,3)35-18-33(19-36(24-35)44(4,5)6)40-15-13-29(26-47-40)31-17-32(23-39(22-31)49-28-42(49)50)30-14-16-41(48-27-30)34-20-37(45(7,8)9)25-38(21-34)46(10,11)12/h13-27H,28H2,1-12H3. The molecule has 1 aliphatic rings. The maximum absolute atomic E-state index is 12.3. The fourth-order valence-corrected chi connectivity index (χ4v) is 6.19. The summed E-state index contributed by atoms with van der Waals surface area (Å²) in [5.41, 5.74) is 14.5. The molecule has 2 aromatic heterocycles. The molecule has 1 amide bonds. The molecular formula is C46H53N3O. The van der Waals surface area contributed by atoms with Crippen molar-refractivity contribution in [3.05, 3.63) is 114 Å². The average Bonchev–Trinajstić information content (AvgIpc) is 3.79. The second-order valence-electron chi connectivity index (χ2n) is 18.2. The minimum Gasteiger partial charge on any atom is -0.301 e. The minimum atomic E-state index is 0.0290. The molecule has 1 fully saturated rings. The van der Waals surface area contributed by atoms with E-state index in [2.05, 4.69) is 162 Å². The van der Waals surface area contributed by atoms with Crippen LogP contribution in [0.5, 0.6) is 0 Å². The zero-order chi connectivity index (χ0) is 36.4. The van der Waals surface area contributed by atoms with E-state index in [9.17, 15) is 4.79 Å². The normalized spacial score (nSPS) is 13.9. The van der Waals surface area contributed by atoms with E-state index in [1.165, 1.54) is 22.3 Å². The van der Waals surface area contributed by atoms with Gasteiger partial charge in [-0.1, -0.05) is 107 Å². The van der Waals surface area contributed by atoms with Gasteiger partial charge in [-0.2, -0.15) is 0 Å². The van der Waals surface area contributed by atoms with Crippen molar-refractivity contribution in [3.8, 4) is 44.8 Å². The lowest BCUT2D eigenvalue weighted by molar-refractivity contribution is -0.109. The van der Waals surface area contributed by atoms with Crippen molar-refractivity contribution in [2.24, 2.45) is 0 Å². The Balaban J connectivity index is 1.36. The molecule has 0 unspecified atom stereocenters. The number of nitrogens with zero attached hydrogens (tertiary/aromatic N) is 3. The van der Waals surface area contributed by atoms with Crippen LogP contribution in [0.4, 0.5) is 5.69 Å². The minimum absolute atomic E-state index is 0.0290. The SMILES string of the molecule is CC(C)(C)c1cc(-c2ccc(-c3cc(-c4ccc(-c5cc(C(C)(C)C)cc(C(C)(C)C)c5)nc4)cc(N4CC4=O)c3)cn2)cc(C(C)(C)C)c1. The van der Waals surface area contributed by atoms with Crippen LogP contribution in [0.15, 0.2) is 91.3 Å². The summed E-state index contributed by atoms with van der Waals surface area (Å²) in [6, 6.07) is 28.7. The Morgan fingerprint density at radius 1 is 0.440 bits per heavy atom. The number of pyridine rings is 2. The molecule has 6 rings (SSSR count). The predicted molar refractivity (Wildman–Crippen MR) is 211 cm³/mol. The van der Waals surface area contributed by atoms with Crippen LogP contribution in [0, 0.1) is 0 Å². The van der Waals surface area contributed by atoms with E-state index in [1.807, 2.05) is 17.3 Å². The lowest BCUT2D eigenvalue weighted by Crippen LogP contribution is -2.16. The fraction of sp³-hybridized carbons (Fsp3) is 0.370. The van der Waals surface area contributed by atoms with E-state index < -0.39 is 0 Å². The van der Waals surface area contributed by atoms with Crippen LogP contribution in [0.2, 0.25) is 0 Å². The van der Waals surface area contributed by atoms with Gasteiger partial charge in [0.15, 0.2) is 0 Å². The van der Waals surface area contributed by atoms with Crippen LogP contribution >= 0.6 is 0 Å². The highest BCUT2D eigenvalue weighted by atomic mass is 16.2. The van der Waals surface area contributed by atoms with E-state index in [0.717, 1.165) is 50.5 Å². The number of carbonyl (C=O) groups excluding carboxylic acids is 1. The van der Waals surface area contributed by atoms with E-state index >= 15 is 0 Å². The Kier molecular flexibility index (Phi) is 8.70. The first-order valence-electron chi connectivity index (χ1n) is 17.9. The molecule has 0 atom stereocenters. The highest BCUT2D eigenvalue weighted by molar-refractivity contribution is 6.12. The number of aromatic nitrogens is 2. The Hall–Kier alpha value is -4.57. The van der Waals surface area contributed by atoms with Crippen molar-refractivity contribution >= 4 is 11.6 Å². The van der Waals surface area contributed by atoms with Crippen LogP contribution in [0.25, 0.3) is 44.8 Å². The summed E-state index contributed by atoms with van der Waals surface area (Å²) >= 11 is 0. The van der Waals surface area contributed by atoms with E-state index in [-0.39, 0.29) is 27.6 Å². The van der Waals surface area contributed by atoms with Gasteiger partial charge in [0, 0.05) is 40.3 Å². The molecule has 0 saturated carbocycles. The molecule has 5 aromatic rings. The molecule has 0 radical (unpaired) electrons. The van der Waals surface area contributed by atoms with Gasteiger partial charge in [-0.3, -0.25) is 14.8 Å². The zero-order valence-electron chi connectivity index (χ0n) is 32.1. The smallest absolute Gasteiger partial charge is 0.247 e. The highest BCUT2D eigenvalue weighted by Gasteiger charge is 2.32. The summed E-state index contributed by atoms with van der Waals surface area (Å²) < 4.78 is 0. The van der Waals surface area contributed by atoms with E-state index in [0.29, 0.717) is 6.54 Å². The van der Waals surface area contributed by atoms with Crippen molar-refractivity contribution in [3.63, 3.8) is 0 Å². The lowest BCUT2D eigenvalue weighted by Gasteiger charge is -2.26. The van der Waals surface area contributed by atoms with Crippen molar-refractivity contribution < 1.29 is 4.79 Å². The lowest BCUT2D eigenvalue weighted by atomic mass is 9.79. The summed E-state index contributed by atoms with van der Waals surface area (Å²) in [6.45, 7) is 27.6. The number of anilines is 1. The quantitative estimate of drug-likeness (QED) is 0.176. The van der Waals surface area contributed by atoms with Gasteiger partial charge in [0.05, 0.1) is 11.4 Å². The molecule has 0 bridgehead atoms. The predicted octanol–water partition coefficient (Wildman–Crippen LogP) is 11.7. The van der Waals surface area contributed by atoms with Gasteiger partial charge in [-0.25, -0.2) is 0 Å². The zero-order valence-corrected chi connectivity index (χ0v) is 32.1. The monoisotopic (exact) mass is 663 g/mol. The van der Waals surface area contributed by atoms with Crippen LogP contribution in [0.1, 0.15) is 105 Å². The van der Waals surface area contributed by atoms with Crippen LogP contribution < -0.4 is 4.90 Å². The molecule has 0 aliphatic carbocycles. The summed E-state index contributed by atoms with van der Waals surface area (Å²) in [4.78, 5) is 24.1. The molecule has 4 heteroatoms. The number of hydrogen-bond donors (Lipinski definition) is 0. The van der Waals surface area contributed by atoms with Crippen molar-refractivity contribution in [1.29, 1.82) is 0 Å². The number of amides is 1. The third-order valence-corrected chi connectivity index (χ3v) is 9.84. The Labute approximate surface area is 300 Å². The second kappa shape index (κ2) is 12.3. The number of hydrogen-bond acceptors (Lipinski definition) is 3. The second-order valence-corrected chi connectivity index (χ2v) is 18.2. The number of carbonyl (C=O) groups is 1.